The largest absolute Gasteiger partial charge is 0.496 e. The van der Waals surface area contributed by atoms with Crippen molar-refractivity contribution >= 4 is 17.4 Å². The summed E-state index contributed by atoms with van der Waals surface area (Å²) in [7, 11) is 3.18. The molecule has 0 saturated carbocycles. The first kappa shape index (κ1) is 15.8. The lowest BCUT2D eigenvalue weighted by atomic mass is 10.2. The fraction of sp³-hybridized carbons (Fsp3) is 0.250. The summed E-state index contributed by atoms with van der Waals surface area (Å²) in [5, 5.41) is 5.90. The van der Waals surface area contributed by atoms with Gasteiger partial charge in [-0.3, -0.25) is 4.79 Å². The molecule has 0 bridgehead atoms. The van der Waals surface area contributed by atoms with Crippen LogP contribution in [0.4, 0.5) is 11.5 Å². The van der Waals surface area contributed by atoms with Crippen LogP contribution in [0.2, 0.25) is 0 Å². The summed E-state index contributed by atoms with van der Waals surface area (Å²) in [5.41, 5.74) is 1.10. The number of aromatic nitrogens is 1. The van der Waals surface area contributed by atoms with E-state index in [4.69, 9.17) is 9.47 Å². The predicted octanol–water partition coefficient (Wildman–Crippen LogP) is 2.40. The van der Waals surface area contributed by atoms with Gasteiger partial charge in [-0.25, -0.2) is 4.98 Å². The Morgan fingerprint density at radius 1 is 1.18 bits per heavy atom. The molecule has 2 N–H and O–H groups in total. The summed E-state index contributed by atoms with van der Waals surface area (Å²) in [4.78, 5) is 16.5. The zero-order valence-corrected chi connectivity index (χ0v) is 12.6. The van der Waals surface area contributed by atoms with Gasteiger partial charge in [0.05, 0.1) is 31.2 Å². The number of nitrogens with zero attached hydrogens (tertiary/aromatic N) is 1. The van der Waals surface area contributed by atoms with Crippen molar-refractivity contribution in [2.75, 3.05) is 38.0 Å². The molecule has 0 spiro atoms. The molecular formula is C16H19N3O3. The highest BCUT2D eigenvalue weighted by molar-refractivity contribution is 6.06. The SMILES string of the molecule is COCCNc1ccc(NC(=O)c2ccccc2OC)cn1. The molecule has 0 unspecified atom stereocenters. The molecule has 0 saturated heterocycles. The molecule has 0 fully saturated rings. The summed E-state index contributed by atoms with van der Waals surface area (Å²) >= 11 is 0. The number of methoxy groups -OCH3 is 2. The second-order valence-electron chi connectivity index (χ2n) is 4.51. The molecule has 6 heteroatoms. The number of carbonyl (C=O) groups excluding carboxylic acids is 1. The van der Waals surface area contributed by atoms with Crippen molar-refractivity contribution in [1.29, 1.82) is 0 Å². The summed E-state index contributed by atoms with van der Waals surface area (Å²) in [6.45, 7) is 1.28. The van der Waals surface area contributed by atoms with E-state index in [9.17, 15) is 4.79 Å². The number of hydrogen-bond donors (Lipinski definition) is 2. The topological polar surface area (TPSA) is 72.5 Å². The summed E-state index contributed by atoms with van der Waals surface area (Å²) in [6, 6.07) is 10.7. The van der Waals surface area contributed by atoms with E-state index in [1.807, 2.05) is 6.07 Å². The number of pyridine rings is 1. The van der Waals surface area contributed by atoms with Crippen LogP contribution in [0.25, 0.3) is 0 Å². The lowest BCUT2D eigenvalue weighted by Gasteiger charge is -2.09. The minimum Gasteiger partial charge on any atom is -0.496 e. The average molecular weight is 301 g/mol. The van der Waals surface area contributed by atoms with E-state index in [-0.39, 0.29) is 5.91 Å². The molecular weight excluding hydrogens is 282 g/mol. The standard InChI is InChI=1S/C16H19N3O3/c1-21-10-9-17-15-8-7-12(11-18-15)19-16(20)13-5-3-4-6-14(13)22-2/h3-8,11H,9-10H2,1-2H3,(H,17,18)(H,19,20). The van der Waals surface area contributed by atoms with Crippen molar-refractivity contribution in [1.82, 2.24) is 4.98 Å². The third-order valence-corrected chi connectivity index (χ3v) is 2.99. The van der Waals surface area contributed by atoms with E-state index < -0.39 is 0 Å². The number of rotatable bonds is 7. The molecule has 1 aromatic heterocycles. The quantitative estimate of drug-likeness (QED) is 0.768. The van der Waals surface area contributed by atoms with Gasteiger partial charge in [-0.2, -0.15) is 0 Å². The number of benzene rings is 1. The van der Waals surface area contributed by atoms with Crippen LogP contribution in [0.5, 0.6) is 5.75 Å². The van der Waals surface area contributed by atoms with Crippen LogP contribution >= 0.6 is 0 Å². The molecule has 0 aliphatic rings. The van der Waals surface area contributed by atoms with Crippen LogP contribution in [0.1, 0.15) is 10.4 Å². The van der Waals surface area contributed by atoms with E-state index in [1.165, 1.54) is 7.11 Å². The molecule has 2 aromatic rings. The molecule has 0 aliphatic carbocycles. The molecule has 0 radical (unpaired) electrons. The van der Waals surface area contributed by atoms with Crippen LogP contribution in [0.15, 0.2) is 42.6 Å². The molecule has 2 rings (SSSR count). The minimum absolute atomic E-state index is 0.237. The number of amides is 1. The Morgan fingerprint density at radius 3 is 2.68 bits per heavy atom. The summed E-state index contributed by atoms with van der Waals surface area (Å²) < 4.78 is 10.1. The van der Waals surface area contributed by atoms with Crippen molar-refractivity contribution in [2.24, 2.45) is 0 Å². The van der Waals surface area contributed by atoms with Gasteiger partial charge in [0.1, 0.15) is 11.6 Å². The second kappa shape index (κ2) is 7.99. The van der Waals surface area contributed by atoms with Crippen LogP contribution in [0.3, 0.4) is 0 Å². The molecule has 0 aliphatic heterocycles. The van der Waals surface area contributed by atoms with Crippen molar-refractivity contribution in [3.63, 3.8) is 0 Å². The fourth-order valence-electron chi connectivity index (χ4n) is 1.88. The van der Waals surface area contributed by atoms with Gasteiger partial charge < -0.3 is 20.1 Å². The highest BCUT2D eigenvalue weighted by Crippen LogP contribution is 2.19. The van der Waals surface area contributed by atoms with Crippen LogP contribution in [-0.4, -0.2) is 38.3 Å². The monoisotopic (exact) mass is 301 g/mol. The minimum atomic E-state index is -0.237. The Morgan fingerprint density at radius 2 is 2.00 bits per heavy atom. The zero-order chi connectivity index (χ0) is 15.8. The van der Waals surface area contributed by atoms with Gasteiger partial charge in [0.25, 0.3) is 5.91 Å². The van der Waals surface area contributed by atoms with Gasteiger partial charge in [0.2, 0.25) is 0 Å². The first-order chi connectivity index (χ1) is 10.7. The number of ether oxygens (including phenoxy) is 2. The van der Waals surface area contributed by atoms with Crippen molar-refractivity contribution in [3.8, 4) is 5.75 Å². The molecule has 116 valence electrons. The zero-order valence-electron chi connectivity index (χ0n) is 12.6. The van der Waals surface area contributed by atoms with Gasteiger partial charge >= 0.3 is 0 Å². The van der Waals surface area contributed by atoms with E-state index in [2.05, 4.69) is 15.6 Å². The number of nitrogens with one attached hydrogen (secondary N) is 2. The van der Waals surface area contributed by atoms with E-state index in [0.29, 0.717) is 30.2 Å². The maximum atomic E-state index is 12.2. The van der Waals surface area contributed by atoms with Crippen LogP contribution < -0.4 is 15.4 Å². The maximum Gasteiger partial charge on any atom is 0.259 e. The molecule has 1 aromatic carbocycles. The molecule has 0 atom stereocenters. The normalized spacial score (nSPS) is 10.1. The van der Waals surface area contributed by atoms with Crippen LogP contribution in [-0.2, 0) is 4.74 Å². The molecule has 1 heterocycles. The van der Waals surface area contributed by atoms with Crippen molar-refractivity contribution in [3.05, 3.63) is 48.2 Å². The van der Waals surface area contributed by atoms with Gasteiger partial charge in [-0.1, -0.05) is 12.1 Å². The van der Waals surface area contributed by atoms with E-state index in [1.54, 1.807) is 43.6 Å². The van der Waals surface area contributed by atoms with Gasteiger partial charge in [-0.15, -0.1) is 0 Å². The fourth-order valence-corrected chi connectivity index (χ4v) is 1.88. The highest BCUT2D eigenvalue weighted by Gasteiger charge is 2.11. The first-order valence-corrected chi connectivity index (χ1v) is 6.88. The van der Waals surface area contributed by atoms with Gasteiger partial charge in [0, 0.05) is 13.7 Å². The lowest BCUT2D eigenvalue weighted by molar-refractivity contribution is 0.102. The highest BCUT2D eigenvalue weighted by atomic mass is 16.5. The number of hydrogen-bond acceptors (Lipinski definition) is 5. The van der Waals surface area contributed by atoms with Gasteiger partial charge in [-0.05, 0) is 24.3 Å². The van der Waals surface area contributed by atoms with Gasteiger partial charge in [0.15, 0.2) is 0 Å². The predicted molar refractivity (Wildman–Crippen MR) is 85.5 cm³/mol. The maximum absolute atomic E-state index is 12.2. The summed E-state index contributed by atoms with van der Waals surface area (Å²) in [5.74, 6) is 1.03. The third-order valence-electron chi connectivity index (χ3n) is 2.99. The Labute approximate surface area is 129 Å². The number of carbonyl (C=O) groups is 1. The van der Waals surface area contributed by atoms with Crippen LogP contribution in [0, 0.1) is 0 Å². The van der Waals surface area contributed by atoms with Crippen molar-refractivity contribution in [2.45, 2.75) is 0 Å². The molecule has 22 heavy (non-hydrogen) atoms. The third kappa shape index (κ3) is 4.20. The Bertz CT molecular complexity index is 614. The smallest absolute Gasteiger partial charge is 0.259 e. The Balaban J connectivity index is 1.99. The summed E-state index contributed by atoms with van der Waals surface area (Å²) in [6.07, 6.45) is 1.60. The molecule has 6 nitrogen and oxygen atoms in total. The van der Waals surface area contributed by atoms with E-state index in [0.717, 1.165) is 5.82 Å². The Hall–Kier alpha value is -2.60. The molecule has 1 amide bonds. The van der Waals surface area contributed by atoms with E-state index >= 15 is 0 Å². The second-order valence-corrected chi connectivity index (χ2v) is 4.51. The van der Waals surface area contributed by atoms with Crippen molar-refractivity contribution < 1.29 is 14.3 Å². The average Bonchev–Trinajstić information content (AvgIpc) is 2.56. The first-order valence-electron chi connectivity index (χ1n) is 6.88. The number of anilines is 2. The Kier molecular flexibility index (Phi) is 5.73. The number of para-hydroxylation sites is 1. The lowest BCUT2D eigenvalue weighted by Crippen LogP contribution is -2.13.